The number of hydroxylamine groups is 1. The maximum absolute atomic E-state index is 14.9. The number of fused-ring (bicyclic) bond motifs is 1. The molecular formula is C29H29ClF2N4O4S2. The predicted octanol–water partition coefficient (Wildman–Crippen LogP) is 6.10. The number of anilines is 1. The number of benzene rings is 4. The van der Waals surface area contributed by atoms with Crippen LogP contribution in [0.1, 0.15) is 0 Å². The summed E-state index contributed by atoms with van der Waals surface area (Å²) in [6, 6.07) is 19.7. The molecule has 0 heterocycles. The Labute approximate surface area is 254 Å². The van der Waals surface area contributed by atoms with Crippen LogP contribution in [0.25, 0.3) is 10.8 Å². The Morgan fingerprint density at radius 1 is 0.976 bits per heavy atom. The van der Waals surface area contributed by atoms with Crippen molar-refractivity contribution in [3.63, 3.8) is 0 Å². The van der Waals surface area contributed by atoms with Crippen LogP contribution in [0.15, 0.2) is 82.6 Å². The molecule has 4 rings (SSSR count). The quantitative estimate of drug-likeness (QED) is 0.111. The number of amides is 1. The highest BCUT2D eigenvalue weighted by molar-refractivity contribution is 7.97. The zero-order valence-corrected chi connectivity index (χ0v) is 25.4. The topological polar surface area (TPSA) is 85.4 Å². The third-order valence-electron chi connectivity index (χ3n) is 6.16. The van der Waals surface area contributed by atoms with Gasteiger partial charge in [-0.3, -0.25) is 10.0 Å². The Bertz CT molecular complexity index is 1570. The number of likely N-dealkylation sites (N-methyl/N-ethyl adjacent to an activating group) is 1. The molecule has 0 bridgehead atoms. The molecule has 8 nitrogen and oxygen atoms in total. The van der Waals surface area contributed by atoms with Crippen molar-refractivity contribution >= 4 is 56.9 Å². The van der Waals surface area contributed by atoms with Gasteiger partial charge in [0.15, 0.2) is 17.4 Å². The number of hydrogen-bond acceptors (Lipinski definition) is 7. The van der Waals surface area contributed by atoms with Crippen LogP contribution in [0, 0.1) is 11.6 Å². The monoisotopic (exact) mass is 634 g/mol. The molecule has 13 heteroatoms. The highest BCUT2D eigenvalue weighted by Gasteiger charge is 2.20. The second kappa shape index (κ2) is 14.3. The fourth-order valence-corrected chi connectivity index (χ4v) is 6.35. The summed E-state index contributed by atoms with van der Waals surface area (Å²) in [5.41, 5.74) is 2.56. The summed E-state index contributed by atoms with van der Waals surface area (Å²) in [5, 5.41) is 11.3. The normalized spacial score (nSPS) is 12.1. The van der Waals surface area contributed by atoms with Crippen LogP contribution < -0.4 is 15.1 Å². The van der Waals surface area contributed by atoms with Gasteiger partial charge in [-0.25, -0.2) is 27.1 Å². The Kier molecular flexibility index (Phi) is 10.8. The van der Waals surface area contributed by atoms with Crippen LogP contribution >= 0.6 is 23.5 Å². The molecule has 1 atom stereocenters. The molecule has 0 radical (unpaired) electrons. The summed E-state index contributed by atoms with van der Waals surface area (Å²) < 4.78 is 51.8. The standard InChI is InChI=1S/C29H29ClF2N4O4S2/c1-34(2)26-8-4-7-23-22(26)6-5-9-27(23)42(39)35(3)14-15-36(18-28(37)33-38)41-21-16-24(31)29(25(32)17-21)40-20-12-10-19(30)11-13-20/h4-13,16-17,38H,14-15,18H2,1-3H3,(H,33,37). The predicted molar refractivity (Wildman–Crippen MR) is 163 cm³/mol. The van der Waals surface area contributed by atoms with Crippen molar-refractivity contribution in [2.45, 2.75) is 9.79 Å². The average Bonchev–Trinajstić information content (AvgIpc) is 2.97. The number of carbonyl (C=O) groups is 1. The SMILES string of the molecule is CN(C)c1cccc2c(S(=O)N(C)CCN(CC(=O)NO)Sc3cc(F)c(Oc4ccc(Cl)cc4)c(F)c3)cccc12. The molecule has 0 saturated carbocycles. The van der Waals surface area contributed by atoms with Crippen LogP contribution in [-0.4, -0.2) is 64.7 Å². The van der Waals surface area contributed by atoms with Gasteiger partial charge in [-0.2, -0.15) is 0 Å². The first-order valence-corrected chi connectivity index (χ1v) is 14.9. The van der Waals surface area contributed by atoms with Crippen LogP contribution in [0.4, 0.5) is 14.5 Å². The van der Waals surface area contributed by atoms with Gasteiger partial charge in [-0.05, 0) is 60.5 Å². The van der Waals surface area contributed by atoms with Crippen LogP contribution in [0.5, 0.6) is 11.5 Å². The van der Waals surface area contributed by atoms with Gasteiger partial charge in [-0.15, -0.1) is 0 Å². The van der Waals surface area contributed by atoms with E-state index < -0.39 is 34.3 Å². The molecule has 222 valence electrons. The van der Waals surface area contributed by atoms with Crippen molar-refractivity contribution < 1.29 is 27.7 Å². The lowest BCUT2D eigenvalue weighted by Gasteiger charge is -2.24. The Balaban J connectivity index is 1.49. The van der Waals surface area contributed by atoms with E-state index in [1.165, 1.54) is 28.6 Å². The largest absolute Gasteiger partial charge is 0.451 e. The number of hydrogen-bond donors (Lipinski definition) is 2. The van der Waals surface area contributed by atoms with Crippen molar-refractivity contribution in [2.24, 2.45) is 0 Å². The summed E-state index contributed by atoms with van der Waals surface area (Å²) in [5.74, 6) is -2.97. The Hall–Kier alpha value is -3.26. The fourth-order valence-electron chi connectivity index (χ4n) is 4.12. The number of ether oxygens (including phenoxy) is 1. The Morgan fingerprint density at radius 3 is 2.26 bits per heavy atom. The van der Waals surface area contributed by atoms with E-state index in [4.69, 9.17) is 21.5 Å². The summed E-state index contributed by atoms with van der Waals surface area (Å²) in [7, 11) is 4.02. The molecule has 0 fully saturated rings. The molecule has 0 aliphatic heterocycles. The van der Waals surface area contributed by atoms with Gasteiger partial charge in [0.05, 0.1) is 11.4 Å². The number of nitrogens with one attached hydrogen (secondary N) is 1. The third-order valence-corrected chi connectivity index (χ3v) is 8.91. The first-order valence-electron chi connectivity index (χ1n) is 12.7. The highest BCUT2D eigenvalue weighted by Crippen LogP contribution is 2.34. The number of nitrogens with zero attached hydrogens (tertiary/aromatic N) is 3. The van der Waals surface area contributed by atoms with Gasteiger partial charge in [-0.1, -0.05) is 35.9 Å². The first-order chi connectivity index (χ1) is 20.1. The van der Waals surface area contributed by atoms with Gasteiger partial charge in [0.25, 0.3) is 5.91 Å². The molecule has 0 aromatic heterocycles. The summed E-state index contributed by atoms with van der Waals surface area (Å²) in [6.07, 6.45) is 0. The smallest absolute Gasteiger partial charge is 0.258 e. The van der Waals surface area contributed by atoms with Crippen LogP contribution in [-0.2, 0) is 15.8 Å². The summed E-state index contributed by atoms with van der Waals surface area (Å²) >= 11 is 6.76. The maximum atomic E-state index is 14.9. The lowest BCUT2D eigenvalue weighted by Crippen LogP contribution is -2.36. The minimum Gasteiger partial charge on any atom is -0.451 e. The van der Waals surface area contributed by atoms with Crippen molar-refractivity contribution in [1.29, 1.82) is 0 Å². The Morgan fingerprint density at radius 2 is 1.62 bits per heavy atom. The van der Waals surface area contributed by atoms with E-state index in [9.17, 15) is 17.8 Å². The van der Waals surface area contributed by atoms with Gasteiger partial charge in [0.2, 0.25) is 0 Å². The van der Waals surface area contributed by atoms with Crippen molar-refractivity contribution in [2.75, 3.05) is 45.7 Å². The van der Waals surface area contributed by atoms with E-state index in [-0.39, 0.29) is 30.3 Å². The molecule has 4 aromatic carbocycles. The van der Waals surface area contributed by atoms with E-state index in [1.807, 2.05) is 49.3 Å². The lowest BCUT2D eigenvalue weighted by atomic mass is 10.1. The molecule has 4 aromatic rings. The van der Waals surface area contributed by atoms with Crippen molar-refractivity contribution in [3.8, 4) is 11.5 Å². The number of rotatable bonds is 12. The molecule has 1 unspecified atom stereocenters. The van der Waals surface area contributed by atoms with Gasteiger partial charge in [0.1, 0.15) is 16.7 Å². The molecule has 0 saturated heterocycles. The highest BCUT2D eigenvalue weighted by atomic mass is 35.5. The zero-order chi connectivity index (χ0) is 30.4. The molecule has 42 heavy (non-hydrogen) atoms. The van der Waals surface area contributed by atoms with Gasteiger partial charge >= 0.3 is 0 Å². The zero-order valence-electron chi connectivity index (χ0n) is 23.0. The minimum atomic E-state index is -1.55. The van der Waals surface area contributed by atoms with E-state index in [0.717, 1.165) is 40.5 Å². The van der Waals surface area contributed by atoms with Crippen LogP contribution in [0.3, 0.4) is 0 Å². The van der Waals surface area contributed by atoms with Gasteiger partial charge < -0.3 is 9.64 Å². The summed E-state index contributed by atoms with van der Waals surface area (Å²) in [6.45, 7) is 0.0967. The molecule has 0 spiro atoms. The van der Waals surface area contributed by atoms with Crippen molar-refractivity contribution in [3.05, 3.63) is 89.5 Å². The van der Waals surface area contributed by atoms with E-state index >= 15 is 0 Å². The third kappa shape index (κ3) is 7.77. The number of carbonyl (C=O) groups excluding carboxylic acids is 1. The van der Waals surface area contributed by atoms with E-state index in [2.05, 4.69) is 0 Å². The first kappa shape index (κ1) is 31.7. The fraction of sp³-hybridized carbons (Fsp3) is 0.207. The summed E-state index contributed by atoms with van der Waals surface area (Å²) in [4.78, 5) is 14.8. The average molecular weight is 635 g/mol. The van der Waals surface area contributed by atoms with E-state index in [0.29, 0.717) is 9.92 Å². The minimum absolute atomic E-state index is 0.160. The van der Waals surface area contributed by atoms with Gasteiger partial charge in [0, 0.05) is 60.6 Å². The maximum Gasteiger partial charge on any atom is 0.258 e. The molecule has 1 amide bonds. The van der Waals surface area contributed by atoms with Crippen molar-refractivity contribution in [1.82, 2.24) is 14.1 Å². The molecule has 0 aliphatic rings. The van der Waals surface area contributed by atoms with Crippen LogP contribution in [0.2, 0.25) is 5.02 Å². The second-order valence-corrected chi connectivity index (χ2v) is 12.6. The molecule has 0 aliphatic carbocycles. The molecular weight excluding hydrogens is 606 g/mol. The lowest BCUT2D eigenvalue weighted by molar-refractivity contribution is -0.129. The second-order valence-electron chi connectivity index (χ2n) is 9.39. The molecule has 2 N–H and O–H groups in total. The van der Waals surface area contributed by atoms with E-state index in [1.54, 1.807) is 22.9 Å². The number of halogens is 3.